The normalized spacial score (nSPS) is 9.94. The Labute approximate surface area is 116 Å². The summed E-state index contributed by atoms with van der Waals surface area (Å²) in [5, 5.41) is 5.63. The first-order chi connectivity index (χ1) is 8.56. The molecule has 98 valence electrons. The van der Waals surface area contributed by atoms with Crippen LogP contribution in [0.2, 0.25) is 10.0 Å². The number of rotatable bonds is 5. The maximum absolute atomic E-state index is 11.8. The quantitative estimate of drug-likeness (QED) is 0.873. The summed E-state index contributed by atoms with van der Waals surface area (Å²) in [6.45, 7) is 2.46. The lowest BCUT2D eigenvalue weighted by Gasteiger charge is -2.07. The number of carbonyl (C=O) groups is 2. The fourth-order valence-electron chi connectivity index (χ4n) is 1.26. The Morgan fingerprint density at radius 1 is 1.22 bits per heavy atom. The van der Waals surface area contributed by atoms with E-state index in [-0.39, 0.29) is 23.0 Å². The molecule has 1 aromatic carbocycles. The average Bonchev–Trinajstić information content (AvgIpc) is 2.36. The van der Waals surface area contributed by atoms with E-state index in [0.717, 1.165) is 6.42 Å². The average molecular weight is 289 g/mol. The highest BCUT2D eigenvalue weighted by molar-refractivity contribution is 6.43. The zero-order valence-electron chi connectivity index (χ0n) is 9.93. The molecule has 0 aliphatic carbocycles. The van der Waals surface area contributed by atoms with Gasteiger partial charge in [0.1, 0.15) is 0 Å². The molecule has 0 spiro atoms. The van der Waals surface area contributed by atoms with Crippen LogP contribution >= 0.6 is 23.2 Å². The molecule has 2 amide bonds. The van der Waals surface area contributed by atoms with E-state index < -0.39 is 5.91 Å². The van der Waals surface area contributed by atoms with E-state index in [1.54, 1.807) is 18.2 Å². The van der Waals surface area contributed by atoms with Crippen molar-refractivity contribution in [2.24, 2.45) is 0 Å². The van der Waals surface area contributed by atoms with Gasteiger partial charge < -0.3 is 10.6 Å². The second kappa shape index (κ2) is 7.24. The molecule has 4 nitrogen and oxygen atoms in total. The van der Waals surface area contributed by atoms with Crippen molar-refractivity contribution in [2.75, 3.05) is 13.1 Å². The first kappa shape index (κ1) is 14.8. The predicted octanol–water partition coefficient (Wildman–Crippen LogP) is 2.25. The number of hydrogen-bond donors (Lipinski definition) is 2. The summed E-state index contributed by atoms with van der Waals surface area (Å²) in [7, 11) is 0. The Balaban J connectivity index is 2.55. The smallest absolute Gasteiger partial charge is 0.253 e. The molecule has 0 fully saturated rings. The second-order valence-corrected chi connectivity index (χ2v) is 4.42. The van der Waals surface area contributed by atoms with Crippen LogP contribution in [0.5, 0.6) is 0 Å². The van der Waals surface area contributed by atoms with Crippen molar-refractivity contribution in [3.8, 4) is 0 Å². The van der Waals surface area contributed by atoms with Crippen LogP contribution in [-0.4, -0.2) is 24.9 Å². The van der Waals surface area contributed by atoms with Gasteiger partial charge in [-0.15, -0.1) is 0 Å². The maximum atomic E-state index is 11.8. The van der Waals surface area contributed by atoms with E-state index in [1.165, 1.54) is 0 Å². The zero-order valence-corrected chi connectivity index (χ0v) is 11.4. The fourth-order valence-corrected chi connectivity index (χ4v) is 1.65. The molecule has 6 heteroatoms. The highest BCUT2D eigenvalue weighted by Crippen LogP contribution is 2.25. The number of halogens is 2. The SMILES string of the molecule is CCCNC(=O)CNC(=O)c1cccc(Cl)c1Cl. The minimum absolute atomic E-state index is 0.0817. The third kappa shape index (κ3) is 4.20. The number of hydrogen-bond acceptors (Lipinski definition) is 2. The largest absolute Gasteiger partial charge is 0.355 e. The minimum Gasteiger partial charge on any atom is -0.355 e. The molecular formula is C12H14Cl2N2O2. The van der Waals surface area contributed by atoms with Crippen molar-refractivity contribution in [1.82, 2.24) is 10.6 Å². The Morgan fingerprint density at radius 3 is 2.61 bits per heavy atom. The van der Waals surface area contributed by atoms with Crippen LogP contribution in [-0.2, 0) is 4.79 Å². The summed E-state index contributed by atoms with van der Waals surface area (Å²) in [4.78, 5) is 23.1. The van der Waals surface area contributed by atoms with Gasteiger partial charge in [-0.1, -0.05) is 36.2 Å². The number of amides is 2. The molecule has 0 saturated heterocycles. The molecule has 0 aliphatic heterocycles. The van der Waals surface area contributed by atoms with Crippen LogP contribution in [0.1, 0.15) is 23.7 Å². The van der Waals surface area contributed by atoms with Crippen LogP contribution in [0.15, 0.2) is 18.2 Å². The molecule has 0 bridgehead atoms. The predicted molar refractivity (Wildman–Crippen MR) is 72.1 cm³/mol. The van der Waals surface area contributed by atoms with Crippen LogP contribution in [0.4, 0.5) is 0 Å². The molecule has 0 atom stereocenters. The highest BCUT2D eigenvalue weighted by Gasteiger charge is 2.13. The molecule has 2 N–H and O–H groups in total. The van der Waals surface area contributed by atoms with E-state index in [4.69, 9.17) is 23.2 Å². The van der Waals surface area contributed by atoms with E-state index in [1.807, 2.05) is 6.92 Å². The van der Waals surface area contributed by atoms with Crippen molar-refractivity contribution in [1.29, 1.82) is 0 Å². The molecule has 0 radical (unpaired) electrons. The Morgan fingerprint density at radius 2 is 1.94 bits per heavy atom. The fraction of sp³-hybridized carbons (Fsp3) is 0.333. The van der Waals surface area contributed by atoms with Crippen molar-refractivity contribution < 1.29 is 9.59 Å². The minimum atomic E-state index is -0.422. The van der Waals surface area contributed by atoms with Gasteiger partial charge in [-0.25, -0.2) is 0 Å². The monoisotopic (exact) mass is 288 g/mol. The molecule has 1 rings (SSSR count). The lowest BCUT2D eigenvalue weighted by atomic mass is 10.2. The van der Waals surface area contributed by atoms with E-state index in [9.17, 15) is 9.59 Å². The standard InChI is InChI=1S/C12H14Cl2N2O2/c1-2-6-15-10(17)7-16-12(18)8-4-3-5-9(13)11(8)14/h3-5H,2,6-7H2,1H3,(H,15,17)(H,16,18). The van der Waals surface area contributed by atoms with Crippen LogP contribution in [0.25, 0.3) is 0 Å². The van der Waals surface area contributed by atoms with Gasteiger partial charge in [0.2, 0.25) is 5.91 Å². The third-order valence-corrected chi connectivity index (χ3v) is 3.00. The van der Waals surface area contributed by atoms with Crippen molar-refractivity contribution in [3.05, 3.63) is 33.8 Å². The van der Waals surface area contributed by atoms with Crippen LogP contribution in [0, 0.1) is 0 Å². The summed E-state index contributed by atoms with van der Waals surface area (Å²) in [6, 6.07) is 4.77. The molecule has 0 unspecified atom stereocenters. The van der Waals surface area contributed by atoms with E-state index in [0.29, 0.717) is 11.6 Å². The third-order valence-electron chi connectivity index (χ3n) is 2.18. The van der Waals surface area contributed by atoms with E-state index in [2.05, 4.69) is 10.6 Å². The van der Waals surface area contributed by atoms with Crippen LogP contribution < -0.4 is 10.6 Å². The Bertz CT molecular complexity index is 450. The van der Waals surface area contributed by atoms with Gasteiger partial charge in [0, 0.05) is 6.54 Å². The first-order valence-electron chi connectivity index (χ1n) is 5.55. The topological polar surface area (TPSA) is 58.2 Å². The lowest BCUT2D eigenvalue weighted by molar-refractivity contribution is -0.120. The number of benzene rings is 1. The number of nitrogens with one attached hydrogen (secondary N) is 2. The molecule has 18 heavy (non-hydrogen) atoms. The molecule has 1 aromatic rings. The van der Waals surface area contributed by atoms with Gasteiger partial charge in [0.25, 0.3) is 5.91 Å². The van der Waals surface area contributed by atoms with Gasteiger partial charge in [0.15, 0.2) is 0 Å². The van der Waals surface area contributed by atoms with Crippen molar-refractivity contribution in [3.63, 3.8) is 0 Å². The number of carbonyl (C=O) groups excluding carboxylic acids is 2. The van der Waals surface area contributed by atoms with Gasteiger partial charge in [-0.2, -0.15) is 0 Å². The van der Waals surface area contributed by atoms with Gasteiger partial charge >= 0.3 is 0 Å². The molecule has 0 aliphatic rings. The second-order valence-electron chi connectivity index (χ2n) is 3.63. The highest BCUT2D eigenvalue weighted by atomic mass is 35.5. The van der Waals surface area contributed by atoms with Crippen molar-refractivity contribution >= 4 is 35.0 Å². The Hall–Kier alpha value is -1.26. The molecule has 0 saturated carbocycles. The molecular weight excluding hydrogens is 275 g/mol. The lowest BCUT2D eigenvalue weighted by Crippen LogP contribution is -2.37. The maximum Gasteiger partial charge on any atom is 0.253 e. The summed E-state index contributed by atoms with van der Waals surface area (Å²) >= 11 is 11.7. The van der Waals surface area contributed by atoms with Crippen LogP contribution in [0.3, 0.4) is 0 Å². The first-order valence-corrected chi connectivity index (χ1v) is 6.30. The Kier molecular flexibility index (Phi) is 5.95. The van der Waals surface area contributed by atoms with Gasteiger partial charge in [-0.05, 0) is 18.6 Å². The molecule has 0 aromatic heterocycles. The van der Waals surface area contributed by atoms with E-state index >= 15 is 0 Å². The summed E-state index contributed by atoms with van der Waals surface area (Å²) in [5.41, 5.74) is 0.257. The van der Waals surface area contributed by atoms with Crippen molar-refractivity contribution in [2.45, 2.75) is 13.3 Å². The molecule has 0 heterocycles. The van der Waals surface area contributed by atoms with Gasteiger partial charge in [0.05, 0.1) is 22.2 Å². The zero-order chi connectivity index (χ0) is 13.5. The summed E-state index contributed by atoms with van der Waals surface area (Å²) in [6.07, 6.45) is 0.847. The summed E-state index contributed by atoms with van der Waals surface area (Å²) < 4.78 is 0. The summed E-state index contributed by atoms with van der Waals surface area (Å²) in [5.74, 6) is -0.655. The van der Waals surface area contributed by atoms with Gasteiger partial charge in [-0.3, -0.25) is 9.59 Å².